The van der Waals surface area contributed by atoms with Gasteiger partial charge >= 0.3 is 17.9 Å². The van der Waals surface area contributed by atoms with Gasteiger partial charge in [0.25, 0.3) is 0 Å². The van der Waals surface area contributed by atoms with E-state index < -0.39 is 6.10 Å². The van der Waals surface area contributed by atoms with E-state index in [0.717, 1.165) is 109 Å². The lowest BCUT2D eigenvalue weighted by atomic mass is 10.0. The summed E-state index contributed by atoms with van der Waals surface area (Å²) in [5.41, 5.74) is 0. The Morgan fingerprint density at radius 3 is 0.775 bits per heavy atom. The lowest BCUT2D eigenvalue weighted by Crippen LogP contribution is -2.30. The highest BCUT2D eigenvalue weighted by atomic mass is 16.6. The molecular formula is C74H128O6. The highest BCUT2D eigenvalue weighted by molar-refractivity contribution is 5.71. The van der Waals surface area contributed by atoms with Crippen LogP contribution in [0, 0.1) is 0 Å². The molecule has 6 nitrogen and oxygen atoms in total. The Labute approximate surface area is 496 Å². The van der Waals surface area contributed by atoms with Crippen molar-refractivity contribution in [3.05, 3.63) is 97.2 Å². The number of hydrogen-bond donors (Lipinski definition) is 0. The molecule has 0 saturated heterocycles. The van der Waals surface area contributed by atoms with E-state index >= 15 is 0 Å². The molecule has 0 aliphatic rings. The highest BCUT2D eigenvalue weighted by Crippen LogP contribution is 2.17. The minimum atomic E-state index is -0.793. The first-order valence-electron chi connectivity index (χ1n) is 34.2. The summed E-state index contributed by atoms with van der Waals surface area (Å²) in [7, 11) is 0. The largest absolute Gasteiger partial charge is 0.462 e. The van der Waals surface area contributed by atoms with E-state index in [1.165, 1.54) is 186 Å². The van der Waals surface area contributed by atoms with Crippen molar-refractivity contribution >= 4 is 17.9 Å². The van der Waals surface area contributed by atoms with Gasteiger partial charge in [-0.1, -0.05) is 311 Å². The number of carbonyl (C=O) groups is 3. The lowest BCUT2D eigenvalue weighted by Gasteiger charge is -2.18. The summed E-state index contributed by atoms with van der Waals surface area (Å²) in [6.45, 7) is 6.50. The number of esters is 3. The quantitative estimate of drug-likeness (QED) is 0.0261. The molecule has 0 spiro atoms. The fourth-order valence-electron chi connectivity index (χ4n) is 9.71. The monoisotopic (exact) mass is 1110 g/mol. The zero-order valence-corrected chi connectivity index (χ0v) is 52.8. The second-order valence-electron chi connectivity index (χ2n) is 22.7. The van der Waals surface area contributed by atoms with Gasteiger partial charge < -0.3 is 14.2 Å². The number of carbonyl (C=O) groups excluding carboxylic acids is 3. The maximum Gasteiger partial charge on any atom is 0.306 e. The molecule has 0 heterocycles. The molecule has 0 aromatic rings. The molecule has 0 aromatic carbocycles. The molecule has 0 aliphatic carbocycles. The third kappa shape index (κ3) is 65.1. The van der Waals surface area contributed by atoms with Crippen molar-refractivity contribution in [3.63, 3.8) is 0 Å². The molecule has 80 heavy (non-hydrogen) atoms. The van der Waals surface area contributed by atoms with Crippen molar-refractivity contribution in [2.45, 2.75) is 341 Å². The highest BCUT2D eigenvalue weighted by Gasteiger charge is 2.19. The molecule has 0 amide bonds. The molecule has 0 aliphatic heterocycles. The lowest BCUT2D eigenvalue weighted by molar-refractivity contribution is -0.167. The molecule has 460 valence electrons. The van der Waals surface area contributed by atoms with Crippen LogP contribution in [0.1, 0.15) is 335 Å². The molecule has 0 fully saturated rings. The summed E-state index contributed by atoms with van der Waals surface area (Å²) in [6.07, 6.45) is 91.6. The Hall–Kier alpha value is -3.67. The fraction of sp³-hybridized carbons (Fsp3) is 0.743. The van der Waals surface area contributed by atoms with E-state index in [0.29, 0.717) is 19.3 Å². The standard InChI is InChI=1S/C74H128O6/c1-4-7-10-13-16-19-22-24-26-28-30-31-32-33-34-35-36-37-38-39-40-41-42-43-45-46-48-50-52-55-58-61-64-67-73(76)79-70-71(69-78-72(75)66-63-60-57-54-21-18-15-12-9-6-3)80-74(77)68-65-62-59-56-53-51-49-47-44-29-27-25-23-20-17-14-11-8-5-2/h8,11,17,20,22,24-25,27-28,30,32-33,44,47,51,53,71H,4-7,9-10,12-16,18-19,21,23,26,29,31,34-43,45-46,48-50,52,54-70H2,1-3H3/b11-8-,20-17-,24-22-,27-25-,30-28-,33-32-,47-44-,53-51-. The van der Waals surface area contributed by atoms with Crippen LogP contribution in [0.4, 0.5) is 0 Å². The average Bonchev–Trinajstić information content (AvgIpc) is 3.46. The van der Waals surface area contributed by atoms with Crippen LogP contribution in [-0.2, 0) is 28.6 Å². The first-order chi connectivity index (χ1) is 39.5. The van der Waals surface area contributed by atoms with Gasteiger partial charge in [-0.2, -0.15) is 0 Å². The van der Waals surface area contributed by atoms with Crippen molar-refractivity contribution in [2.24, 2.45) is 0 Å². The number of allylic oxidation sites excluding steroid dienone is 16. The summed E-state index contributed by atoms with van der Waals surface area (Å²) >= 11 is 0. The second-order valence-corrected chi connectivity index (χ2v) is 22.7. The van der Waals surface area contributed by atoms with Gasteiger partial charge in [0, 0.05) is 19.3 Å². The Bertz CT molecular complexity index is 1560. The summed E-state index contributed by atoms with van der Waals surface area (Å²) < 4.78 is 16.9. The zero-order chi connectivity index (χ0) is 57.8. The topological polar surface area (TPSA) is 78.9 Å². The number of hydrogen-bond acceptors (Lipinski definition) is 6. The molecule has 0 aromatic heterocycles. The third-order valence-electron chi connectivity index (χ3n) is 14.8. The van der Waals surface area contributed by atoms with E-state index in [1.807, 2.05) is 0 Å². The number of rotatable bonds is 62. The van der Waals surface area contributed by atoms with E-state index in [4.69, 9.17) is 14.2 Å². The Kier molecular flexibility index (Phi) is 64.7. The maximum atomic E-state index is 12.9. The van der Waals surface area contributed by atoms with Gasteiger partial charge in [0.2, 0.25) is 0 Å². The number of unbranched alkanes of at least 4 members (excludes halogenated alkanes) is 35. The maximum absolute atomic E-state index is 12.9. The van der Waals surface area contributed by atoms with Crippen LogP contribution in [0.15, 0.2) is 97.2 Å². The summed E-state index contributed by atoms with van der Waals surface area (Å²) in [4.78, 5) is 38.2. The minimum absolute atomic E-state index is 0.0875. The normalized spacial score (nSPS) is 12.7. The van der Waals surface area contributed by atoms with Crippen molar-refractivity contribution in [1.82, 2.24) is 0 Å². The molecule has 0 N–H and O–H groups in total. The summed E-state index contributed by atoms with van der Waals surface area (Å²) in [5.74, 6) is -0.909. The smallest absolute Gasteiger partial charge is 0.306 e. The van der Waals surface area contributed by atoms with Crippen LogP contribution in [-0.4, -0.2) is 37.2 Å². The van der Waals surface area contributed by atoms with Gasteiger partial charge in [-0.25, -0.2) is 0 Å². The van der Waals surface area contributed by atoms with Crippen molar-refractivity contribution in [3.8, 4) is 0 Å². The van der Waals surface area contributed by atoms with E-state index in [2.05, 4.69) is 118 Å². The molecule has 0 saturated carbocycles. The molecule has 1 atom stereocenters. The Morgan fingerprint density at radius 2 is 0.487 bits per heavy atom. The fourth-order valence-corrected chi connectivity index (χ4v) is 9.71. The van der Waals surface area contributed by atoms with Crippen molar-refractivity contribution < 1.29 is 28.6 Å². The van der Waals surface area contributed by atoms with Gasteiger partial charge in [0.15, 0.2) is 6.10 Å². The van der Waals surface area contributed by atoms with Gasteiger partial charge in [-0.15, -0.1) is 0 Å². The predicted octanol–water partition coefficient (Wildman–Crippen LogP) is 23.6. The first-order valence-corrected chi connectivity index (χ1v) is 34.2. The Morgan fingerprint density at radius 1 is 0.263 bits per heavy atom. The first kappa shape index (κ1) is 76.3. The molecule has 0 bridgehead atoms. The predicted molar refractivity (Wildman–Crippen MR) is 348 cm³/mol. The van der Waals surface area contributed by atoms with Crippen LogP contribution >= 0.6 is 0 Å². The van der Waals surface area contributed by atoms with E-state index in [9.17, 15) is 14.4 Å². The van der Waals surface area contributed by atoms with Crippen LogP contribution in [0.2, 0.25) is 0 Å². The van der Waals surface area contributed by atoms with Crippen LogP contribution in [0.25, 0.3) is 0 Å². The van der Waals surface area contributed by atoms with Gasteiger partial charge in [0.05, 0.1) is 0 Å². The average molecular weight is 1110 g/mol. The van der Waals surface area contributed by atoms with Crippen LogP contribution in [0.3, 0.4) is 0 Å². The van der Waals surface area contributed by atoms with Gasteiger partial charge in [-0.3, -0.25) is 14.4 Å². The van der Waals surface area contributed by atoms with Crippen LogP contribution < -0.4 is 0 Å². The van der Waals surface area contributed by atoms with Crippen LogP contribution in [0.5, 0.6) is 0 Å². The molecule has 6 heteroatoms. The zero-order valence-electron chi connectivity index (χ0n) is 52.8. The number of ether oxygens (including phenoxy) is 3. The molecule has 0 rings (SSSR count). The van der Waals surface area contributed by atoms with Gasteiger partial charge in [-0.05, 0) is 103 Å². The summed E-state index contributed by atoms with van der Waals surface area (Å²) in [5, 5.41) is 0. The third-order valence-corrected chi connectivity index (χ3v) is 14.8. The molecular weight excluding hydrogens is 985 g/mol. The summed E-state index contributed by atoms with van der Waals surface area (Å²) in [6, 6.07) is 0. The molecule has 0 radical (unpaired) electrons. The second kappa shape index (κ2) is 67.8. The van der Waals surface area contributed by atoms with Crippen molar-refractivity contribution in [2.75, 3.05) is 13.2 Å². The SMILES string of the molecule is CC/C=C\C/C=C\C/C=C\C/C=C\C/C=C\CCCCCC(=O)OC(COC(=O)CCCCCCCCCCCC)COC(=O)CCCCCCCCCCCCCCCCCCCC/C=C\C/C=C\C/C=C\CCCCCCC. The van der Waals surface area contributed by atoms with Gasteiger partial charge in [0.1, 0.15) is 13.2 Å². The van der Waals surface area contributed by atoms with Crippen molar-refractivity contribution in [1.29, 1.82) is 0 Å². The minimum Gasteiger partial charge on any atom is -0.462 e. The van der Waals surface area contributed by atoms with E-state index in [-0.39, 0.29) is 31.1 Å². The van der Waals surface area contributed by atoms with E-state index in [1.54, 1.807) is 0 Å². The molecule has 1 unspecified atom stereocenters. The Balaban J connectivity index is 4.15.